The molecule has 1 nitrogen and oxygen atoms in total. The molecule has 0 atom stereocenters. The van der Waals surface area contributed by atoms with Crippen molar-refractivity contribution in [2.45, 2.75) is 19.3 Å². The van der Waals surface area contributed by atoms with E-state index in [-0.39, 0.29) is 5.41 Å². The van der Waals surface area contributed by atoms with Crippen LogP contribution in [0.5, 0.6) is 0 Å². The fourth-order valence-corrected chi connectivity index (χ4v) is 9.54. The van der Waals surface area contributed by atoms with Gasteiger partial charge in [0.15, 0.2) is 0 Å². The van der Waals surface area contributed by atoms with Gasteiger partial charge in [-0.15, -0.1) is 0 Å². The molecule has 10 aromatic carbocycles. The lowest BCUT2D eigenvalue weighted by atomic mass is 9.81. The number of nitrogens with zero attached hydrogens (tertiary/aromatic N) is 1. The second-order valence-electron chi connectivity index (χ2n) is 16.1. The highest BCUT2D eigenvalue weighted by Gasteiger charge is 2.38. The number of hydrogen-bond donors (Lipinski definition) is 0. The van der Waals surface area contributed by atoms with Crippen molar-refractivity contribution >= 4 is 49.4 Å². The molecule has 0 heterocycles. The summed E-state index contributed by atoms with van der Waals surface area (Å²) in [7, 11) is 0. The Balaban J connectivity index is 0.993. The van der Waals surface area contributed by atoms with Crippen molar-refractivity contribution in [2.75, 3.05) is 4.90 Å². The van der Waals surface area contributed by atoms with Gasteiger partial charge in [0, 0.05) is 16.8 Å². The first-order chi connectivity index (χ1) is 28.5. The molecule has 0 saturated heterocycles. The minimum Gasteiger partial charge on any atom is -0.310 e. The quantitative estimate of drug-likeness (QED) is 0.154. The predicted molar refractivity (Wildman–Crippen MR) is 248 cm³/mol. The lowest BCUT2D eigenvalue weighted by Crippen LogP contribution is -2.20. The Hall–Kier alpha value is -7.22. The summed E-state index contributed by atoms with van der Waals surface area (Å²) < 4.78 is 0. The third kappa shape index (κ3) is 5.54. The van der Waals surface area contributed by atoms with Crippen LogP contribution in [-0.2, 0) is 5.41 Å². The molecule has 1 aliphatic rings. The van der Waals surface area contributed by atoms with E-state index in [4.69, 9.17) is 0 Å². The van der Waals surface area contributed by atoms with E-state index in [1.165, 1.54) is 93.6 Å². The molecule has 10 aromatic rings. The van der Waals surface area contributed by atoms with Crippen molar-refractivity contribution in [3.05, 3.63) is 223 Å². The van der Waals surface area contributed by atoms with Crippen LogP contribution in [0.1, 0.15) is 25.0 Å². The Bertz CT molecular complexity index is 3170. The van der Waals surface area contributed by atoms with Crippen LogP contribution >= 0.6 is 0 Å². The zero-order chi connectivity index (χ0) is 38.8. The van der Waals surface area contributed by atoms with E-state index in [1.807, 2.05) is 0 Å². The molecule has 0 N–H and O–H groups in total. The minimum atomic E-state index is -0.167. The Morgan fingerprint density at radius 2 is 0.845 bits per heavy atom. The predicted octanol–water partition coefficient (Wildman–Crippen LogP) is 15.9. The molecule has 0 unspecified atom stereocenters. The van der Waals surface area contributed by atoms with Crippen molar-refractivity contribution in [1.82, 2.24) is 0 Å². The first-order valence-electron chi connectivity index (χ1n) is 20.3. The van der Waals surface area contributed by atoms with Gasteiger partial charge in [0.2, 0.25) is 0 Å². The summed E-state index contributed by atoms with van der Waals surface area (Å²) in [5, 5.41) is 7.63. The topological polar surface area (TPSA) is 3.24 Å². The molecule has 0 saturated carbocycles. The average Bonchev–Trinajstić information content (AvgIpc) is 3.53. The van der Waals surface area contributed by atoms with Crippen LogP contribution in [0.25, 0.3) is 76.8 Å². The molecule has 58 heavy (non-hydrogen) atoms. The zero-order valence-electron chi connectivity index (χ0n) is 32.7. The molecule has 0 radical (unpaired) electrons. The van der Waals surface area contributed by atoms with Crippen molar-refractivity contribution in [1.29, 1.82) is 0 Å². The van der Waals surface area contributed by atoms with Gasteiger partial charge >= 0.3 is 0 Å². The van der Waals surface area contributed by atoms with E-state index in [0.29, 0.717) is 0 Å². The van der Waals surface area contributed by atoms with Crippen LogP contribution in [0.15, 0.2) is 212 Å². The summed E-state index contributed by atoms with van der Waals surface area (Å²) in [6.07, 6.45) is 0. The van der Waals surface area contributed by atoms with E-state index in [9.17, 15) is 0 Å². The first kappa shape index (κ1) is 34.1. The second-order valence-corrected chi connectivity index (χ2v) is 16.1. The number of rotatable bonds is 6. The average molecular weight is 740 g/mol. The Morgan fingerprint density at radius 3 is 1.60 bits per heavy atom. The molecular weight excluding hydrogens is 699 g/mol. The summed E-state index contributed by atoms with van der Waals surface area (Å²) in [6, 6.07) is 78.1. The lowest BCUT2D eigenvalue weighted by molar-refractivity contribution is 0.661. The normalized spacial score (nSPS) is 12.8. The van der Waals surface area contributed by atoms with E-state index >= 15 is 0 Å². The molecule has 0 spiro atoms. The van der Waals surface area contributed by atoms with Gasteiger partial charge in [-0.1, -0.05) is 190 Å². The first-order valence-corrected chi connectivity index (χ1v) is 20.3. The molecule has 1 aliphatic carbocycles. The number of fused-ring (bicyclic) bond motifs is 7. The SMILES string of the molecule is CC1(C)c2ccccc2-c2cccc(N(c3ccc(-c4ccc(-c5ccc6ccccc6c5)cc4)cc3)c3ccc(-c4cccc5c4ccc4ccccc45)cc3)c21. The smallest absolute Gasteiger partial charge is 0.0508 e. The van der Waals surface area contributed by atoms with E-state index in [1.54, 1.807) is 0 Å². The fraction of sp³-hybridized carbons (Fsp3) is 0.0526. The largest absolute Gasteiger partial charge is 0.310 e. The maximum Gasteiger partial charge on any atom is 0.0508 e. The maximum atomic E-state index is 2.46. The number of anilines is 3. The van der Waals surface area contributed by atoms with Crippen molar-refractivity contribution in [3.63, 3.8) is 0 Å². The van der Waals surface area contributed by atoms with Crippen molar-refractivity contribution in [3.8, 4) is 44.5 Å². The van der Waals surface area contributed by atoms with Gasteiger partial charge in [0.1, 0.15) is 0 Å². The monoisotopic (exact) mass is 739 g/mol. The molecular formula is C57H41N. The lowest BCUT2D eigenvalue weighted by Gasteiger charge is -2.32. The molecule has 11 rings (SSSR count). The van der Waals surface area contributed by atoms with Crippen LogP contribution in [-0.4, -0.2) is 0 Å². The standard InChI is InChI=1S/C57H41N/c1-57(2)54-19-8-7-15-52(54)53-18-10-20-55(56(53)57)58(47-34-29-43(30-35-47)49-16-9-17-50-48-14-6-5-12-42(48)31-36-51(49)50)46-32-27-40(28-33-46)39-21-23-41(24-22-39)45-26-25-38-11-3-4-13-44(38)37-45/h3-37H,1-2H3. The van der Waals surface area contributed by atoms with E-state index in [0.717, 1.165) is 11.4 Å². The zero-order valence-corrected chi connectivity index (χ0v) is 32.7. The van der Waals surface area contributed by atoms with Crippen LogP contribution in [0.3, 0.4) is 0 Å². The van der Waals surface area contributed by atoms with Gasteiger partial charge < -0.3 is 4.90 Å². The van der Waals surface area contributed by atoms with E-state index < -0.39 is 0 Å². The molecule has 0 aliphatic heterocycles. The summed E-state index contributed by atoms with van der Waals surface area (Å²) >= 11 is 0. The summed E-state index contributed by atoms with van der Waals surface area (Å²) in [5.74, 6) is 0. The summed E-state index contributed by atoms with van der Waals surface area (Å²) in [4.78, 5) is 2.46. The van der Waals surface area contributed by atoms with Gasteiger partial charge in [0.05, 0.1) is 5.69 Å². The third-order valence-electron chi connectivity index (χ3n) is 12.4. The molecule has 1 heteroatoms. The summed E-state index contributed by atoms with van der Waals surface area (Å²) in [5.41, 5.74) is 16.0. The van der Waals surface area contributed by atoms with Crippen LogP contribution in [0.2, 0.25) is 0 Å². The van der Waals surface area contributed by atoms with Crippen molar-refractivity contribution < 1.29 is 0 Å². The van der Waals surface area contributed by atoms with Crippen LogP contribution < -0.4 is 4.90 Å². The third-order valence-corrected chi connectivity index (χ3v) is 12.4. The maximum absolute atomic E-state index is 2.46. The fourth-order valence-electron chi connectivity index (χ4n) is 9.54. The Morgan fingerprint density at radius 1 is 0.328 bits per heavy atom. The van der Waals surface area contributed by atoms with Crippen LogP contribution in [0, 0.1) is 0 Å². The van der Waals surface area contributed by atoms with Crippen molar-refractivity contribution in [2.24, 2.45) is 0 Å². The van der Waals surface area contributed by atoms with Gasteiger partial charge in [-0.05, 0) is 124 Å². The highest BCUT2D eigenvalue weighted by Crippen LogP contribution is 2.54. The summed E-state index contributed by atoms with van der Waals surface area (Å²) in [6.45, 7) is 4.74. The number of benzene rings is 10. The molecule has 0 fully saturated rings. The highest BCUT2D eigenvalue weighted by molar-refractivity contribution is 6.12. The molecule has 0 aromatic heterocycles. The Kier molecular flexibility index (Phi) is 7.91. The minimum absolute atomic E-state index is 0.167. The van der Waals surface area contributed by atoms with Gasteiger partial charge in [-0.2, -0.15) is 0 Å². The van der Waals surface area contributed by atoms with Crippen LogP contribution in [0.4, 0.5) is 17.1 Å². The highest BCUT2D eigenvalue weighted by atomic mass is 15.1. The Labute approximate surface area is 340 Å². The van der Waals surface area contributed by atoms with Gasteiger partial charge in [-0.3, -0.25) is 0 Å². The molecule has 0 amide bonds. The molecule has 274 valence electrons. The number of hydrogen-bond acceptors (Lipinski definition) is 1. The van der Waals surface area contributed by atoms with Gasteiger partial charge in [-0.25, -0.2) is 0 Å². The van der Waals surface area contributed by atoms with E-state index in [2.05, 4.69) is 231 Å². The van der Waals surface area contributed by atoms with Gasteiger partial charge in [0.25, 0.3) is 0 Å². The second kappa shape index (κ2) is 13.5. The molecule has 0 bridgehead atoms.